The van der Waals surface area contributed by atoms with Gasteiger partial charge in [0.2, 0.25) is 0 Å². The van der Waals surface area contributed by atoms with Gasteiger partial charge in [-0.3, -0.25) is 4.79 Å². The number of allylic oxidation sites excluding steroid dienone is 2. The number of fused-ring (bicyclic) bond motifs is 2. The Balaban J connectivity index is 1.54. The summed E-state index contributed by atoms with van der Waals surface area (Å²) >= 11 is 11.7. The maximum Gasteiger partial charge on any atom is 0.399 e. The number of rotatable bonds is 4. The van der Waals surface area contributed by atoms with E-state index in [2.05, 4.69) is 5.32 Å². The Kier molecular flexibility index (Phi) is 5.63. The minimum absolute atomic E-state index is 0.0668. The van der Waals surface area contributed by atoms with Gasteiger partial charge in [-0.15, -0.1) is 0 Å². The van der Waals surface area contributed by atoms with Gasteiger partial charge in [0.15, 0.2) is 11.6 Å². The summed E-state index contributed by atoms with van der Waals surface area (Å²) in [5.74, 6) is -1.01. The first-order valence-corrected chi connectivity index (χ1v) is 11.7. The molecular formula is C25H21Cl2F4NO2. The monoisotopic (exact) mass is 513 g/mol. The van der Waals surface area contributed by atoms with Gasteiger partial charge >= 0.3 is 6.18 Å². The number of hydrogen-bond donors (Lipinski definition) is 1. The second-order valence-corrected chi connectivity index (χ2v) is 9.98. The van der Waals surface area contributed by atoms with Crippen molar-refractivity contribution in [3.8, 4) is 0 Å². The van der Waals surface area contributed by atoms with Crippen LogP contribution in [0.5, 0.6) is 0 Å². The largest absolute Gasteiger partial charge is 0.399 e. The van der Waals surface area contributed by atoms with Crippen molar-refractivity contribution >= 4 is 34.6 Å². The minimum atomic E-state index is -4.63. The molecule has 2 unspecified atom stereocenters. The number of alkyl halides is 3. The van der Waals surface area contributed by atoms with Gasteiger partial charge < -0.3 is 10.1 Å². The number of hydrogen-bond acceptors (Lipinski definition) is 3. The summed E-state index contributed by atoms with van der Waals surface area (Å²) in [4.78, 5) is 12.6. The molecule has 2 atom stereocenters. The van der Waals surface area contributed by atoms with Gasteiger partial charge in [0.05, 0.1) is 15.5 Å². The van der Waals surface area contributed by atoms with Crippen molar-refractivity contribution < 1.29 is 27.1 Å². The molecule has 3 nitrogen and oxygen atoms in total. The number of halogens is 6. The van der Waals surface area contributed by atoms with Gasteiger partial charge in [0.25, 0.3) is 0 Å². The number of nitrogens with one attached hydrogen (secondary N) is 1. The molecule has 1 aliphatic carbocycles. The van der Waals surface area contributed by atoms with Crippen LogP contribution in [-0.4, -0.2) is 25.0 Å². The Bertz CT molecular complexity index is 1200. The molecule has 34 heavy (non-hydrogen) atoms. The highest BCUT2D eigenvalue weighted by Crippen LogP contribution is 2.55. The van der Waals surface area contributed by atoms with E-state index < -0.39 is 39.2 Å². The molecule has 0 aromatic heterocycles. The van der Waals surface area contributed by atoms with Crippen molar-refractivity contribution in [2.24, 2.45) is 0 Å². The molecule has 2 aromatic rings. The summed E-state index contributed by atoms with van der Waals surface area (Å²) in [6.07, 6.45) is -4.20. The van der Waals surface area contributed by atoms with E-state index in [9.17, 15) is 22.4 Å². The Morgan fingerprint density at radius 3 is 2.41 bits per heavy atom. The normalized spacial score (nSPS) is 25.3. The topological polar surface area (TPSA) is 38.3 Å². The first-order valence-electron chi connectivity index (χ1n) is 11.0. The molecule has 1 saturated heterocycles. The SMILES string of the molecule is CCC(=O)C1OC2(CNC2)c2ccc(C3=CCC(c4cc(Cl)c(F)c(Cl)c4)(C(F)(F)F)C3)cc21. The molecule has 1 spiro atoms. The highest BCUT2D eigenvalue weighted by Gasteiger charge is 2.58. The lowest BCUT2D eigenvalue weighted by molar-refractivity contribution is -0.187. The summed E-state index contributed by atoms with van der Waals surface area (Å²) in [6, 6.07) is 7.43. The fraction of sp³-hybridized carbons (Fsp3) is 0.400. The predicted molar refractivity (Wildman–Crippen MR) is 121 cm³/mol. The zero-order valence-corrected chi connectivity index (χ0v) is 19.7. The van der Waals surface area contributed by atoms with Crippen molar-refractivity contribution in [1.82, 2.24) is 5.32 Å². The summed E-state index contributed by atoms with van der Waals surface area (Å²) in [6.45, 7) is 2.92. The molecule has 2 aromatic carbocycles. The van der Waals surface area contributed by atoms with Gasteiger partial charge in [0.1, 0.15) is 11.7 Å². The zero-order valence-electron chi connectivity index (χ0n) is 18.2. The van der Waals surface area contributed by atoms with E-state index in [1.54, 1.807) is 25.1 Å². The smallest absolute Gasteiger partial charge is 0.352 e. The van der Waals surface area contributed by atoms with E-state index in [0.717, 1.165) is 17.7 Å². The molecule has 3 aliphatic rings. The lowest BCUT2D eigenvalue weighted by Gasteiger charge is -2.39. The third-order valence-electron chi connectivity index (χ3n) is 7.27. The van der Waals surface area contributed by atoms with E-state index in [-0.39, 0.29) is 24.2 Å². The van der Waals surface area contributed by atoms with E-state index >= 15 is 0 Å². The Labute approximate surface area is 204 Å². The van der Waals surface area contributed by atoms with Gasteiger partial charge in [0, 0.05) is 19.5 Å². The molecule has 180 valence electrons. The van der Waals surface area contributed by atoms with Crippen molar-refractivity contribution in [1.29, 1.82) is 0 Å². The first kappa shape index (κ1) is 23.8. The van der Waals surface area contributed by atoms with Crippen LogP contribution in [0, 0.1) is 5.82 Å². The number of carbonyl (C=O) groups is 1. The molecule has 2 aliphatic heterocycles. The molecule has 0 radical (unpaired) electrons. The van der Waals surface area contributed by atoms with Crippen LogP contribution in [0.1, 0.15) is 54.5 Å². The Morgan fingerprint density at radius 2 is 1.85 bits per heavy atom. The van der Waals surface area contributed by atoms with Crippen molar-refractivity contribution in [3.05, 3.63) is 74.5 Å². The predicted octanol–water partition coefficient (Wildman–Crippen LogP) is 6.66. The highest BCUT2D eigenvalue weighted by molar-refractivity contribution is 6.35. The number of benzene rings is 2. The van der Waals surface area contributed by atoms with Crippen LogP contribution >= 0.6 is 23.2 Å². The van der Waals surface area contributed by atoms with Gasteiger partial charge in [-0.2, -0.15) is 13.2 Å². The van der Waals surface area contributed by atoms with E-state index in [4.69, 9.17) is 27.9 Å². The third-order valence-corrected chi connectivity index (χ3v) is 7.82. The molecule has 5 rings (SSSR count). The number of carbonyl (C=O) groups excluding carboxylic acids is 1. The van der Waals surface area contributed by atoms with Crippen molar-refractivity contribution in [2.45, 2.75) is 49.5 Å². The summed E-state index contributed by atoms with van der Waals surface area (Å²) in [5, 5.41) is 2.27. The summed E-state index contributed by atoms with van der Waals surface area (Å²) < 4.78 is 63.4. The zero-order chi connectivity index (χ0) is 24.5. The maximum atomic E-state index is 14.5. The summed E-state index contributed by atoms with van der Waals surface area (Å²) in [7, 11) is 0. The standard InChI is InChI=1S/C25H21Cl2F4NO2/c1-2-20(33)22-16-7-13(3-4-17(16)24(34-22)11-32-12-24)14-5-6-23(10-14,25(29,30)31)15-8-18(26)21(28)19(27)9-15/h3-5,7-9,22,32H,2,6,10-12H2,1H3. The number of ether oxygens (including phenoxy) is 1. The fourth-order valence-corrected chi connectivity index (χ4v) is 5.70. The second kappa shape index (κ2) is 8.05. The lowest BCUT2D eigenvalue weighted by atomic mass is 9.76. The average Bonchev–Trinajstić information content (AvgIpc) is 3.37. The van der Waals surface area contributed by atoms with E-state index in [1.807, 2.05) is 6.07 Å². The van der Waals surface area contributed by atoms with Gasteiger partial charge in [-0.1, -0.05) is 48.3 Å². The van der Waals surface area contributed by atoms with Crippen LogP contribution in [0.2, 0.25) is 10.0 Å². The average molecular weight is 514 g/mol. The number of ketones is 1. The fourth-order valence-electron chi connectivity index (χ4n) is 5.22. The first-order chi connectivity index (χ1) is 16.0. The molecule has 0 bridgehead atoms. The summed E-state index contributed by atoms with van der Waals surface area (Å²) in [5.41, 5.74) is -0.311. The highest BCUT2D eigenvalue weighted by atomic mass is 35.5. The van der Waals surface area contributed by atoms with E-state index in [0.29, 0.717) is 36.2 Å². The van der Waals surface area contributed by atoms with E-state index in [1.165, 1.54) is 0 Å². The minimum Gasteiger partial charge on any atom is -0.352 e. The van der Waals surface area contributed by atoms with Crippen molar-refractivity contribution in [2.75, 3.05) is 13.1 Å². The molecular weight excluding hydrogens is 493 g/mol. The lowest BCUT2D eigenvalue weighted by Crippen LogP contribution is -2.56. The molecule has 1 fully saturated rings. The van der Waals surface area contributed by atoms with Gasteiger partial charge in [-0.25, -0.2) is 4.39 Å². The van der Waals surface area contributed by atoms with Crippen LogP contribution in [-0.2, 0) is 20.5 Å². The van der Waals surface area contributed by atoms with Crippen LogP contribution in [0.4, 0.5) is 17.6 Å². The number of Topliss-reactive ketones (excluding diaryl/α,β-unsaturated/α-hetero) is 1. The van der Waals surface area contributed by atoms with Crippen LogP contribution in [0.3, 0.4) is 0 Å². The van der Waals surface area contributed by atoms with Crippen molar-refractivity contribution in [3.63, 3.8) is 0 Å². The molecule has 0 saturated carbocycles. The quantitative estimate of drug-likeness (QED) is 0.367. The maximum absolute atomic E-state index is 14.5. The molecule has 9 heteroatoms. The third kappa shape index (κ3) is 3.43. The molecule has 1 N–H and O–H groups in total. The second-order valence-electron chi connectivity index (χ2n) is 9.16. The molecule has 0 amide bonds. The van der Waals surface area contributed by atoms with Gasteiger partial charge in [-0.05, 0) is 58.9 Å². The van der Waals surface area contributed by atoms with Crippen LogP contribution in [0.15, 0.2) is 36.4 Å². The molecule has 2 heterocycles. The van der Waals surface area contributed by atoms with Crippen LogP contribution < -0.4 is 5.32 Å². The Hall–Kier alpha value is -1.93. The van der Waals surface area contributed by atoms with Crippen LogP contribution in [0.25, 0.3) is 5.57 Å². The Morgan fingerprint density at radius 1 is 1.18 bits per heavy atom.